The largest absolute Gasteiger partial charge is 0.493 e. The van der Waals surface area contributed by atoms with Gasteiger partial charge < -0.3 is 33.2 Å². The first-order chi connectivity index (χ1) is 17.5. The molecule has 0 bridgehead atoms. The van der Waals surface area contributed by atoms with Crippen LogP contribution in [0, 0.1) is 5.92 Å². The molecule has 7 heteroatoms. The summed E-state index contributed by atoms with van der Waals surface area (Å²) in [6.07, 6.45) is 9.37. The first-order valence-electron chi connectivity index (χ1n) is 14.2. The van der Waals surface area contributed by atoms with E-state index in [4.69, 9.17) is 33.2 Å². The second-order valence-electron chi connectivity index (χ2n) is 11.7. The van der Waals surface area contributed by atoms with Crippen LogP contribution in [0.3, 0.4) is 0 Å². The summed E-state index contributed by atoms with van der Waals surface area (Å²) in [6, 6.07) is 8.16. The molecule has 7 nitrogen and oxygen atoms in total. The van der Waals surface area contributed by atoms with Crippen LogP contribution in [0.25, 0.3) is 0 Å². The van der Waals surface area contributed by atoms with E-state index < -0.39 is 17.9 Å². The minimum absolute atomic E-state index is 0.181. The number of fused-ring (bicyclic) bond motifs is 1. The zero-order chi connectivity index (χ0) is 24.6. The monoisotopic (exact) mass is 502 g/mol. The molecule has 3 heterocycles. The third-order valence-corrected chi connectivity index (χ3v) is 8.31. The molecule has 0 amide bonds. The van der Waals surface area contributed by atoms with Gasteiger partial charge in [-0.15, -0.1) is 0 Å². The fourth-order valence-corrected chi connectivity index (χ4v) is 6.40. The second-order valence-corrected chi connectivity index (χ2v) is 11.7. The molecule has 0 radical (unpaired) electrons. The molecule has 0 unspecified atom stereocenters. The van der Waals surface area contributed by atoms with Gasteiger partial charge in [-0.2, -0.15) is 0 Å². The minimum Gasteiger partial charge on any atom is -0.493 e. The SMILES string of the molecule is CC(C)COc1ccc(CO[C@H]2[C@H]3OC4(CCCCC4)O[C@@H]3O[C@@H]2[C@@H]2COC3(CCCCC3)O2)cc1. The smallest absolute Gasteiger partial charge is 0.190 e. The van der Waals surface area contributed by atoms with E-state index in [2.05, 4.69) is 26.0 Å². The predicted molar refractivity (Wildman–Crippen MR) is 132 cm³/mol. The Balaban J connectivity index is 1.14. The Hall–Kier alpha value is -1.22. The van der Waals surface area contributed by atoms with Crippen LogP contribution in [0.15, 0.2) is 24.3 Å². The summed E-state index contributed by atoms with van der Waals surface area (Å²) in [4.78, 5) is 0. The van der Waals surface area contributed by atoms with E-state index >= 15 is 0 Å². The lowest BCUT2D eigenvalue weighted by Gasteiger charge is -2.35. The molecule has 2 spiro atoms. The maximum atomic E-state index is 6.63. The highest BCUT2D eigenvalue weighted by Gasteiger charge is 2.61. The molecule has 2 aliphatic carbocycles. The molecule has 6 rings (SSSR count). The van der Waals surface area contributed by atoms with Gasteiger partial charge in [0.15, 0.2) is 17.9 Å². The van der Waals surface area contributed by atoms with Crippen molar-refractivity contribution in [2.24, 2.45) is 5.92 Å². The average molecular weight is 503 g/mol. The van der Waals surface area contributed by atoms with Crippen molar-refractivity contribution >= 4 is 0 Å². The van der Waals surface area contributed by atoms with Crippen molar-refractivity contribution in [1.29, 1.82) is 0 Å². The second kappa shape index (κ2) is 10.5. The molecule has 0 N–H and O–H groups in total. The summed E-state index contributed by atoms with van der Waals surface area (Å²) >= 11 is 0. The normalized spacial score (nSPS) is 35.0. The Bertz CT molecular complexity index is 859. The number of rotatable bonds is 7. The highest BCUT2D eigenvalue weighted by molar-refractivity contribution is 5.27. The van der Waals surface area contributed by atoms with Crippen molar-refractivity contribution in [2.75, 3.05) is 13.2 Å². The van der Waals surface area contributed by atoms with Crippen LogP contribution in [0.5, 0.6) is 5.75 Å². The predicted octanol–water partition coefficient (Wildman–Crippen LogP) is 5.48. The third kappa shape index (κ3) is 5.20. The Morgan fingerprint density at radius 1 is 0.833 bits per heavy atom. The van der Waals surface area contributed by atoms with Gasteiger partial charge in [0.05, 0.1) is 19.8 Å². The van der Waals surface area contributed by atoms with Gasteiger partial charge in [-0.05, 0) is 49.3 Å². The van der Waals surface area contributed by atoms with Gasteiger partial charge in [-0.25, -0.2) is 0 Å². The summed E-state index contributed by atoms with van der Waals surface area (Å²) in [6.45, 7) is 6.00. The maximum absolute atomic E-state index is 6.63. The van der Waals surface area contributed by atoms with E-state index in [0.29, 0.717) is 25.7 Å². The third-order valence-electron chi connectivity index (χ3n) is 8.31. The van der Waals surface area contributed by atoms with Crippen molar-refractivity contribution < 1.29 is 33.2 Å². The zero-order valence-electron chi connectivity index (χ0n) is 21.8. The molecular weight excluding hydrogens is 460 g/mol. The van der Waals surface area contributed by atoms with Gasteiger partial charge >= 0.3 is 0 Å². The summed E-state index contributed by atoms with van der Waals surface area (Å²) < 4.78 is 44.8. The van der Waals surface area contributed by atoms with Crippen LogP contribution >= 0.6 is 0 Å². The minimum atomic E-state index is -0.521. The average Bonchev–Trinajstić information content (AvgIpc) is 3.54. The lowest BCUT2D eigenvalue weighted by molar-refractivity contribution is -0.263. The van der Waals surface area contributed by atoms with Crippen LogP contribution in [-0.4, -0.2) is 55.5 Å². The number of benzene rings is 1. The standard InChI is InChI=1S/C29H42O7/c1-20(2)17-30-22-11-9-21(10-12-22)18-31-25-24(23-19-32-28(34-23)13-5-3-6-14-28)33-27-26(25)35-29(36-27)15-7-4-8-16-29/h9-12,20,23-27H,3-8,13-19H2,1-2H3/t23-,24+,25+,26+,27-/m0/s1. The van der Waals surface area contributed by atoms with Gasteiger partial charge in [-0.3, -0.25) is 0 Å². The van der Waals surface area contributed by atoms with Gasteiger partial charge in [0.25, 0.3) is 0 Å². The fraction of sp³-hybridized carbons (Fsp3) is 0.793. The topological polar surface area (TPSA) is 64.6 Å². The molecule has 5 fully saturated rings. The quantitative estimate of drug-likeness (QED) is 0.489. The van der Waals surface area contributed by atoms with E-state index in [0.717, 1.165) is 62.7 Å². The van der Waals surface area contributed by atoms with Crippen LogP contribution in [-0.2, 0) is 35.0 Å². The highest BCUT2D eigenvalue weighted by Crippen LogP contribution is 2.48. The number of hydrogen-bond acceptors (Lipinski definition) is 7. The molecule has 2 saturated carbocycles. The van der Waals surface area contributed by atoms with E-state index in [1.165, 1.54) is 12.8 Å². The molecule has 200 valence electrons. The lowest BCUT2D eigenvalue weighted by Crippen LogP contribution is -2.45. The van der Waals surface area contributed by atoms with Crippen LogP contribution in [0.2, 0.25) is 0 Å². The summed E-state index contributed by atoms with van der Waals surface area (Å²) in [5.41, 5.74) is 1.09. The lowest BCUT2D eigenvalue weighted by atomic mass is 9.94. The molecule has 5 aliphatic rings. The van der Waals surface area contributed by atoms with Crippen molar-refractivity contribution in [3.8, 4) is 5.75 Å². The molecule has 36 heavy (non-hydrogen) atoms. The van der Waals surface area contributed by atoms with Gasteiger partial charge in [0, 0.05) is 25.7 Å². The molecule has 1 aromatic carbocycles. The van der Waals surface area contributed by atoms with Crippen molar-refractivity contribution in [3.63, 3.8) is 0 Å². The van der Waals surface area contributed by atoms with E-state index in [1.807, 2.05) is 12.1 Å². The Morgan fingerprint density at radius 2 is 1.53 bits per heavy atom. The van der Waals surface area contributed by atoms with Gasteiger partial charge in [0.1, 0.15) is 30.2 Å². The van der Waals surface area contributed by atoms with Gasteiger partial charge in [0.2, 0.25) is 0 Å². The van der Waals surface area contributed by atoms with Gasteiger partial charge in [-0.1, -0.05) is 38.8 Å². The van der Waals surface area contributed by atoms with Crippen molar-refractivity contribution in [1.82, 2.24) is 0 Å². The van der Waals surface area contributed by atoms with Crippen LogP contribution in [0.4, 0.5) is 0 Å². The molecule has 3 saturated heterocycles. The van der Waals surface area contributed by atoms with Crippen LogP contribution in [0.1, 0.15) is 83.6 Å². The molecule has 5 atom stereocenters. The molecule has 1 aromatic rings. The maximum Gasteiger partial charge on any atom is 0.190 e. The molecular formula is C29H42O7. The summed E-state index contributed by atoms with van der Waals surface area (Å²) in [5.74, 6) is 0.409. The fourth-order valence-electron chi connectivity index (χ4n) is 6.40. The summed E-state index contributed by atoms with van der Waals surface area (Å²) in [7, 11) is 0. The van der Waals surface area contributed by atoms with E-state index in [9.17, 15) is 0 Å². The molecule has 0 aromatic heterocycles. The number of ether oxygens (including phenoxy) is 7. The Morgan fingerprint density at radius 3 is 2.22 bits per heavy atom. The van der Waals surface area contributed by atoms with E-state index in [1.54, 1.807) is 0 Å². The van der Waals surface area contributed by atoms with Crippen molar-refractivity contribution in [3.05, 3.63) is 29.8 Å². The first kappa shape index (κ1) is 25.1. The van der Waals surface area contributed by atoms with Crippen molar-refractivity contribution in [2.45, 2.75) is 127 Å². The zero-order valence-corrected chi connectivity index (χ0v) is 21.8. The van der Waals surface area contributed by atoms with E-state index in [-0.39, 0.29) is 24.4 Å². The van der Waals surface area contributed by atoms with Crippen LogP contribution < -0.4 is 4.74 Å². The number of hydrogen-bond donors (Lipinski definition) is 0. The summed E-state index contributed by atoms with van der Waals surface area (Å²) in [5, 5.41) is 0. The Kier molecular flexibility index (Phi) is 7.32. The molecule has 3 aliphatic heterocycles. The highest BCUT2D eigenvalue weighted by atomic mass is 16.9. The Labute approximate surface area is 215 Å². The first-order valence-corrected chi connectivity index (χ1v) is 14.2.